The maximum absolute atomic E-state index is 14.3. The summed E-state index contributed by atoms with van der Waals surface area (Å²) in [6, 6.07) is 1.30. The number of alkyl halides is 3. The minimum atomic E-state index is -4.98. The van der Waals surface area contributed by atoms with Gasteiger partial charge >= 0.3 is 12.3 Å². The van der Waals surface area contributed by atoms with Crippen molar-refractivity contribution in [1.29, 1.82) is 0 Å². The third kappa shape index (κ3) is 5.33. The van der Waals surface area contributed by atoms with E-state index in [0.717, 1.165) is 4.90 Å². The standard InChI is InChI=1S/C19H33F3N2O4Si/c1-9-29(10-2,11-3)28-18(19(20,21)22)13-24(16(26)27-17(4,5)6)14(15(18)25)12-23(7)8/h12H,9-11,13H2,1-8H3/b14-12+. The predicted molar refractivity (Wildman–Crippen MR) is 107 cm³/mol. The monoisotopic (exact) mass is 438 g/mol. The summed E-state index contributed by atoms with van der Waals surface area (Å²) in [6.45, 7) is 9.22. The molecule has 1 unspecified atom stereocenters. The highest BCUT2D eigenvalue weighted by Gasteiger charge is 2.69. The van der Waals surface area contributed by atoms with Gasteiger partial charge in [0.05, 0.1) is 6.54 Å². The molecule has 0 bridgehead atoms. The second-order valence-electron chi connectivity index (χ2n) is 8.54. The van der Waals surface area contributed by atoms with E-state index in [1.807, 2.05) is 0 Å². The Morgan fingerprint density at radius 1 is 1.17 bits per heavy atom. The van der Waals surface area contributed by atoms with E-state index in [2.05, 4.69) is 0 Å². The van der Waals surface area contributed by atoms with E-state index in [0.29, 0.717) is 18.1 Å². The van der Waals surface area contributed by atoms with Crippen LogP contribution in [0.3, 0.4) is 0 Å². The number of hydrogen-bond donors (Lipinski definition) is 0. The smallest absolute Gasteiger partial charge is 0.425 e. The fourth-order valence-corrected chi connectivity index (χ4v) is 6.20. The predicted octanol–water partition coefficient (Wildman–Crippen LogP) is 4.53. The Kier molecular flexibility index (Phi) is 7.62. The van der Waals surface area contributed by atoms with Gasteiger partial charge in [-0.3, -0.25) is 9.69 Å². The van der Waals surface area contributed by atoms with E-state index in [-0.39, 0.29) is 5.70 Å². The third-order valence-corrected chi connectivity index (χ3v) is 9.69. The number of rotatable bonds is 6. The maximum Gasteiger partial charge on any atom is 0.425 e. The molecule has 1 aliphatic rings. The molecule has 1 heterocycles. The average molecular weight is 439 g/mol. The van der Waals surface area contributed by atoms with Crippen molar-refractivity contribution in [3.63, 3.8) is 0 Å². The van der Waals surface area contributed by atoms with E-state index in [9.17, 15) is 22.8 Å². The summed E-state index contributed by atoms with van der Waals surface area (Å²) in [5, 5.41) is 0. The van der Waals surface area contributed by atoms with Crippen LogP contribution in [0.1, 0.15) is 41.5 Å². The molecule has 1 fully saturated rings. The molecule has 0 saturated carbocycles. The van der Waals surface area contributed by atoms with Gasteiger partial charge in [0.2, 0.25) is 11.4 Å². The number of nitrogens with zero attached hydrogens (tertiary/aromatic N) is 2. The van der Waals surface area contributed by atoms with E-state index < -0.39 is 44.1 Å². The minimum absolute atomic E-state index is 0.382. The lowest BCUT2D eigenvalue weighted by Gasteiger charge is -2.39. The molecule has 6 nitrogen and oxygen atoms in total. The van der Waals surface area contributed by atoms with E-state index in [1.165, 1.54) is 11.1 Å². The van der Waals surface area contributed by atoms with Crippen LogP contribution in [0.5, 0.6) is 0 Å². The Balaban J connectivity index is 3.59. The van der Waals surface area contributed by atoms with Crippen LogP contribution in [-0.2, 0) is 14.0 Å². The zero-order valence-electron chi connectivity index (χ0n) is 18.6. The highest BCUT2D eigenvalue weighted by Crippen LogP contribution is 2.46. The van der Waals surface area contributed by atoms with Crippen LogP contribution in [0.25, 0.3) is 0 Å². The van der Waals surface area contributed by atoms with Crippen molar-refractivity contribution in [2.24, 2.45) is 0 Å². The van der Waals surface area contributed by atoms with Gasteiger partial charge in [0.15, 0.2) is 8.32 Å². The van der Waals surface area contributed by atoms with Crippen molar-refractivity contribution in [3.8, 4) is 0 Å². The summed E-state index contributed by atoms with van der Waals surface area (Å²) in [5.41, 5.74) is -4.39. The zero-order chi connectivity index (χ0) is 22.8. The molecule has 0 radical (unpaired) electrons. The number of Topliss-reactive ketones (excluding diaryl/α,β-unsaturated/α-hetero) is 1. The zero-order valence-corrected chi connectivity index (χ0v) is 19.6. The SMILES string of the molecule is CC[Si](CC)(CC)OC1(C(F)(F)F)CN(C(=O)OC(C)(C)C)/C(=C/N(C)C)C1=O. The number of carbonyl (C=O) groups is 2. The van der Waals surface area contributed by atoms with Crippen LogP contribution < -0.4 is 0 Å². The highest BCUT2D eigenvalue weighted by atomic mass is 28.4. The van der Waals surface area contributed by atoms with E-state index >= 15 is 0 Å². The first-order valence-electron chi connectivity index (χ1n) is 9.78. The largest absolute Gasteiger partial charge is 0.443 e. The van der Waals surface area contributed by atoms with E-state index in [1.54, 1.807) is 55.6 Å². The highest BCUT2D eigenvalue weighted by molar-refractivity contribution is 6.73. The van der Waals surface area contributed by atoms with E-state index in [4.69, 9.17) is 9.16 Å². The first-order valence-corrected chi connectivity index (χ1v) is 12.3. The van der Waals surface area contributed by atoms with Gasteiger partial charge in [-0.2, -0.15) is 13.2 Å². The van der Waals surface area contributed by atoms with Gasteiger partial charge in [-0.15, -0.1) is 0 Å². The number of ketones is 1. The minimum Gasteiger partial charge on any atom is -0.443 e. The molecule has 1 rings (SSSR count). The molecule has 0 aromatic carbocycles. The summed E-state index contributed by atoms with van der Waals surface area (Å²) in [6.07, 6.45) is -4.79. The van der Waals surface area contributed by atoms with Crippen LogP contribution in [0.2, 0.25) is 18.1 Å². The maximum atomic E-state index is 14.3. The van der Waals surface area contributed by atoms with Gasteiger partial charge in [0.1, 0.15) is 11.3 Å². The third-order valence-electron chi connectivity index (χ3n) is 5.05. The number of ether oxygens (including phenoxy) is 1. The molecule has 29 heavy (non-hydrogen) atoms. The molecular formula is C19H33F3N2O4Si. The molecule has 1 amide bonds. The van der Waals surface area contributed by atoms with Crippen molar-refractivity contribution in [1.82, 2.24) is 9.80 Å². The Labute approximate surface area is 172 Å². The van der Waals surface area contributed by atoms with Gasteiger partial charge < -0.3 is 14.1 Å². The first kappa shape index (κ1) is 25.5. The first-order chi connectivity index (χ1) is 13.1. The Bertz CT molecular complexity index is 647. The van der Waals surface area contributed by atoms with Gasteiger partial charge in [-0.25, -0.2) is 4.79 Å². The fraction of sp³-hybridized carbons (Fsp3) is 0.789. The number of halogens is 3. The molecule has 0 N–H and O–H groups in total. The van der Waals surface area contributed by atoms with Gasteiger partial charge in [-0.05, 0) is 38.9 Å². The molecule has 1 aliphatic heterocycles. The number of likely N-dealkylation sites (tertiary alicyclic amines) is 1. The summed E-state index contributed by atoms with van der Waals surface area (Å²) in [7, 11) is 0.274. The molecule has 0 aromatic heterocycles. The molecule has 1 atom stereocenters. The number of hydrogen-bond acceptors (Lipinski definition) is 5. The number of carbonyl (C=O) groups excluding carboxylic acids is 2. The average Bonchev–Trinajstić information content (AvgIpc) is 2.84. The lowest BCUT2D eigenvalue weighted by atomic mass is 10.0. The van der Waals surface area contributed by atoms with Crippen molar-refractivity contribution in [2.75, 3.05) is 20.6 Å². The molecule has 0 aliphatic carbocycles. The molecular weight excluding hydrogens is 405 g/mol. The summed E-state index contributed by atoms with van der Waals surface area (Å²) >= 11 is 0. The summed E-state index contributed by atoms with van der Waals surface area (Å²) < 4.78 is 54.1. The molecule has 168 valence electrons. The topological polar surface area (TPSA) is 59.1 Å². The quantitative estimate of drug-likeness (QED) is 0.450. The Morgan fingerprint density at radius 3 is 2.00 bits per heavy atom. The van der Waals surface area contributed by atoms with Crippen LogP contribution in [-0.4, -0.2) is 68.0 Å². The van der Waals surface area contributed by atoms with Crippen LogP contribution >= 0.6 is 0 Å². The normalized spacial score (nSPS) is 22.4. The number of amides is 1. The lowest BCUT2D eigenvalue weighted by Crippen LogP contribution is -2.60. The van der Waals surface area contributed by atoms with Gasteiger partial charge in [-0.1, -0.05) is 20.8 Å². The molecule has 0 spiro atoms. The van der Waals surface area contributed by atoms with Crippen LogP contribution in [0.15, 0.2) is 11.9 Å². The Morgan fingerprint density at radius 2 is 1.66 bits per heavy atom. The van der Waals surface area contributed by atoms with Crippen LogP contribution in [0, 0.1) is 0 Å². The van der Waals surface area contributed by atoms with Crippen molar-refractivity contribution in [3.05, 3.63) is 11.9 Å². The van der Waals surface area contributed by atoms with Crippen molar-refractivity contribution in [2.45, 2.75) is 77.1 Å². The van der Waals surface area contributed by atoms with Gasteiger partial charge in [0, 0.05) is 20.3 Å². The second kappa shape index (κ2) is 8.67. The van der Waals surface area contributed by atoms with Crippen molar-refractivity contribution < 1.29 is 31.9 Å². The fourth-order valence-electron chi connectivity index (χ4n) is 3.25. The summed E-state index contributed by atoms with van der Waals surface area (Å²) in [5.74, 6) is -1.25. The van der Waals surface area contributed by atoms with Gasteiger partial charge in [0.25, 0.3) is 0 Å². The molecule has 1 saturated heterocycles. The second-order valence-corrected chi connectivity index (χ2v) is 13.2. The van der Waals surface area contributed by atoms with Crippen molar-refractivity contribution >= 4 is 20.2 Å². The molecule has 0 aromatic rings. The molecule has 10 heteroatoms. The summed E-state index contributed by atoms with van der Waals surface area (Å²) in [4.78, 5) is 28.0. The van der Waals surface area contributed by atoms with Crippen LogP contribution in [0.4, 0.5) is 18.0 Å². The lowest BCUT2D eigenvalue weighted by molar-refractivity contribution is -0.238. The Hall–Kier alpha value is -1.55.